The van der Waals surface area contributed by atoms with Crippen LogP contribution in [0.25, 0.3) is 11.4 Å². The normalized spacial score (nSPS) is 15.6. The summed E-state index contributed by atoms with van der Waals surface area (Å²) < 4.78 is 8.53. The molecule has 28 heavy (non-hydrogen) atoms. The minimum atomic E-state index is 0.332. The second-order valence-corrected chi connectivity index (χ2v) is 9.36. The first-order chi connectivity index (χ1) is 13.9. The summed E-state index contributed by atoms with van der Waals surface area (Å²) in [6.45, 7) is 0.607. The monoisotopic (exact) mass is 428 g/mol. The van der Waals surface area contributed by atoms with Crippen molar-refractivity contribution in [1.82, 2.24) is 25.0 Å². The van der Waals surface area contributed by atoms with Gasteiger partial charge in [-0.2, -0.15) is 0 Å². The topological polar surface area (TPSA) is 81.7 Å². The lowest BCUT2D eigenvalue weighted by atomic mass is 10.2. The number of anilines is 1. The van der Waals surface area contributed by atoms with Crippen LogP contribution in [0.5, 0.6) is 0 Å². The Morgan fingerprint density at radius 2 is 2.04 bits per heavy atom. The molecule has 0 spiro atoms. The maximum Gasteiger partial charge on any atom is 0.206 e. The van der Waals surface area contributed by atoms with E-state index in [2.05, 4.69) is 42.4 Å². The van der Waals surface area contributed by atoms with Crippen LogP contribution in [-0.4, -0.2) is 36.5 Å². The molecule has 0 amide bonds. The number of hydrogen-bond acceptors (Lipinski definition) is 9. The third-order valence-corrected chi connectivity index (χ3v) is 7.51. The van der Waals surface area contributed by atoms with Crippen LogP contribution in [0.4, 0.5) is 5.13 Å². The van der Waals surface area contributed by atoms with Crippen LogP contribution in [-0.2, 0) is 6.54 Å². The maximum atomic E-state index is 5.32. The fourth-order valence-electron chi connectivity index (χ4n) is 2.94. The van der Waals surface area contributed by atoms with Gasteiger partial charge in [0.15, 0.2) is 15.3 Å². The summed E-state index contributed by atoms with van der Waals surface area (Å²) in [4.78, 5) is 0. The van der Waals surface area contributed by atoms with Gasteiger partial charge in [0.05, 0.1) is 18.8 Å². The summed E-state index contributed by atoms with van der Waals surface area (Å²) in [5, 5.41) is 22.3. The van der Waals surface area contributed by atoms with E-state index < -0.39 is 0 Å². The summed E-state index contributed by atoms with van der Waals surface area (Å²) in [5.74, 6) is 3.72. The van der Waals surface area contributed by atoms with Gasteiger partial charge in [0.25, 0.3) is 0 Å². The van der Waals surface area contributed by atoms with Crippen molar-refractivity contribution in [3.05, 3.63) is 54.5 Å². The molecule has 0 aliphatic carbocycles. The number of aromatic nitrogens is 5. The van der Waals surface area contributed by atoms with Gasteiger partial charge in [-0.25, -0.2) is 0 Å². The molecule has 142 valence electrons. The van der Waals surface area contributed by atoms with E-state index in [4.69, 9.17) is 4.42 Å². The van der Waals surface area contributed by atoms with Gasteiger partial charge in [-0.05, 0) is 12.1 Å². The molecule has 0 radical (unpaired) electrons. The Bertz CT molecular complexity index is 1050. The molecular weight excluding hydrogens is 412 g/mol. The van der Waals surface area contributed by atoms with Crippen molar-refractivity contribution >= 4 is 40.0 Å². The maximum absolute atomic E-state index is 5.32. The third kappa shape index (κ3) is 3.67. The van der Waals surface area contributed by atoms with Crippen LogP contribution < -0.4 is 5.32 Å². The van der Waals surface area contributed by atoms with Crippen molar-refractivity contribution in [2.75, 3.05) is 16.8 Å². The number of benzene rings is 1. The van der Waals surface area contributed by atoms with E-state index in [1.165, 1.54) is 0 Å². The second kappa shape index (κ2) is 7.98. The lowest BCUT2D eigenvalue weighted by molar-refractivity contribution is 0.518. The average Bonchev–Trinajstić information content (AvgIpc) is 3.51. The predicted octanol–water partition coefficient (Wildman–Crippen LogP) is 4.44. The highest BCUT2D eigenvalue weighted by Gasteiger charge is 2.28. The Balaban J connectivity index is 1.24. The summed E-state index contributed by atoms with van der Waals surface area (Å²) in [5.41, 5.74) is 1.10. The molecule has 0 fully saturated rings. The van der Waals surface area contributed by atoms with Crippen LogP contribution in [0.15, 0.2) is 62.6 Å². The van der Waals surface area contributed by atoms with Crippen molar-refractivity contribution < 1.29 is 4.42 Å². The van der Waals surface area contributed by atoms with Gasteiger partial charge in [-0.3, -0.25) is 4.57 Å². The van der Waals surface area contributed by atoms with E-state index in [0.29, 0.717) is 12.6 Å². The minimum absolute atomic E-state index is 0.332. The second-order valence-electron chi connectivity index (χ2n) is 6.12. The third-order valence-electron chi connectivity index (χ3n) is 4.27. The smallest absolute Gasteiger partial charge is 0.206 e. The predicted molar refractivity (Wildman–Crippen MR) is 112 cm³/mol. The van der Waals surface area contributed by atoms with Crippen molar-refractivity contribution in [2.45, 2.75) is 22.1 Å². The van der Waals surface area contributed by atoms with E-state index in [1.54, 1.807) is 41.1 Å². The Morgan fingerprint density at radius 1 is 1.11 bits per heavy atom. The molecule has 4 heterocycles. The number of thioether (sulfide) groups is 2. The lowest BCUT2D eigenvalue weighted by Crippen LogP contribution is -2.11. The SMILES string of the molecule is c1ccc(-c2nnc3n2[C@H](CSc2nnc(NCc4ccco4)s2)CS3)cc1. The van der Waals surface area contributed by atoms with E-state index in [0.717, 1.165) is 43.3 Å². The minimum Gasteiger partial charge on any atom is -0.467 e. The van der Waals surface area contributed by atoms with Crippen molar-refractivity contribution in [3.63, 3.8) is 0 Å². The van der Waals surface area contributed by atoms with Crippen LogP contribution in [0.1, 0.15) is 11.8 Å². The highest BCUT2D eigenvalue weighted by Crippen LogP contribution is 2.39. The van der Waals surface area contributed by atoms with Gasteiger partial charge in [0, 0.05) is 17.1 Å². The number of rotatable bonds is 7. The first-order valence-electron chi connectivity index (χ1n) is 8.72. The molecule has 0 unspecified atom stereocenters. The molecule has 10 heteroatoms. The standard InChI is InChI=1S/C18H16N6OS3/c1-2-5-12(6-3-1)15-20-22-17-24(15)13(10-26-17)11-27-18-23-21-16(28-18)19-9-14-7-4-8-25-14/h1-8,13H,9-11H2,(H,19,21)/t13-/m0/s1. The fraction of sp³-hybridized carbons (Fsp3) is 0.222. The van der Waals surface area contributed by atoms with Crippen LogP contribution in [0, 0.1) is 0 Å². The first-order valence-corrected chi connectivity index (χ1v) is 11.5. The Labute approximate surface area is 174 Å². The van der Waals surface area contributed by atoms with Gasteiger partial charge in [-0.1, -0.05) is 65.2 Å². The summed E-state index contributed by atoms with van der Waals surface area (Å²) >= 11 is 5.05. The first kappa shape index (κ1) is 17.8. The van der Waals surface area contributed by atoms with Crippen molar-refractivity contribution in [1.29, 1.82) is 0 Å². The number of hydrogen-bond donors (Lipinski definition) is 1. The molecular formula is C18H16N6OS3. The Kier molecular flexibility index (Phi) is 5.06. The summed E-state index contributed by atoms with van der Waals surface area (Å²) in [6.07, 6.45) is 1.67. The van der Waals surface area contributed by atoms with Crippen LogP contribution >= 0.6 is 34.9 Å². The molecule has 0 bridgehead atoms. The number of furan rings is 1. The lowest BCUT2D eigenvalue weighted by Gasteiger charge is -2.13. The molecule has 1 atom stereocenters. The van der Waals surface area contributed by atoms with E-state index in [1.807, 2.05) is 30.3 Å². The Morgan fingerprint density at radius 3 is 2.89 bits per heavy atom. The quantitative estimate of drug-likeness (QED) is 0.433. The number of fused-ring (bicyclic) bond motifs is 1. The van der Waals surface area contributed by atoms with Gasteiger partial charge in [0.2, 0.25) is 5.13 Å². The van der Waals surface area contributed by atoms with Crippen LogP contribution in [0.2, 0.25) is 0 Å². The number of nitrogens with zero attached hydrogens (tertiary/aromatic N) is 5. The zero-order valence-electron chi connectivity index (χ0n) is 14.7. The van der Waals surface area contributed by atoms with E-state index >= 15 is 0 Å². The number of nitrogens with one attached hydrogen (secondary N) is 1. The van der Waals surface area contributed by atoms with E-state index in [9.17, 15) is 0 Å². The molecule has 1 aromatic carbocycles. The summed E-state index contributed by atoms with van der Waals surface area (Å²) in [6, 6.07) is 14.4. The van der Waals surface area contributed by atoms with Crippen LogP contribution in [0.3, 0.4) is 0 Å². The zero-order valence-corrected chi connectivity index (χ0v) is 17.1. The molecule has 0 saturated carbocycles. The highest BCUT2D eigenvalue weighted by atomic mass is 32.2. The largest absolute Gasteiger partial charge is 0.467 e. The highest BCUT2D eigenvalue weighted by molar-refractivity contribution is 8.01. The summed E-state index contributed by atoms with van der Waals surface area (Å²) in [7, 11) is 0. The molecule has 3 aromatic heterocycles. The zero-order chi connectivity index (χ0) is 18.8. The Hall–Kier alpha value is -2.30. The van der Waals surface area contributed by atoms with E-state index in [-0.39, 0.29) is 0 Å². The molecule has 1 aliphatic heterocycles. The van der Waals surface area contributed by atoms with Gasteiger partial charge < -0.3 is 9.73 Å². The fourth-order valence-corrected chi connectivity index (χ4v) is 6.02. The molecule has 7 nitrogen and oxygen atoms in total. The molecule has 1 aliphatic rings. The molecule has 5 rings (SSSR count). The van der Waals surface area contributed by atoms with Crippen molar-refractivity contribution in [2.24, 2.45) is 0 Å². The van der Waals surface area contributed by atoms with Gasteiger partial charge >= 0.3 is 0 Å². The molecule has 4 aromatic rings. The molecule has 1 N–H and O–H groups in total. The van der Waals surface area contributed by atoms with Gasteiger partial charge in [-0.15, -0.1) is 20.4 Å². The average molecular weight is 429 g/mol. The molecule has 0 saturated heterocycles. The van der Waals surface area contributed by atoms with Crippen molar-refractivity contribution in [3.8, 4) is 11.4 Å². The van der Waals surface area contributed by atoms with Gasteiger partial charge in [0.1, 0.15) is 5.76 Å².